The summed E-state index contributed by atoms with van der Waals surface area (Å²) in [6.45, 7) is 1.78. The number of nitrogens with one attached hydrogen (secondary N) is 1. The van der Waals surface area contributed by atoms with E-state index in [-0.39, 0.29) is 5.69 Å². The van der Waals surface area contributed by atoms with E-state index in [1.807, 2.05) is 18.2 Å². The zero-order valence-corrected chi connectivity index (χ0v) is 10.5. The quantitative estimate of drug-likeness (QED) is 0.734. The highest BCUT2D eigenvalue weighted by Crippen LogP contribution is 2.26. The Hall–Kier alpha value is -2.63. The molecule has 0 saturated heterocycles. The average molecular weight is 256 g/mol. The molecule has 0 aliphatic rings. The van der Waals surface area contributed by atoms with E-state index in [4.69, 9.17) is 0 Å². The highest BCUT2D eigenvalue weighted by atomic mass is 16.4. The predicted molar refractivity (Wildman–Crippen MR) is 70.0 cm³/mol. The van der Waals surface area contributed by atoms with Crippen molar-refractivity contribution < 1.29 is 9.90 Å². The summed E-state index contributed by atoms with van der Waals surface area (Å²) in [6.07, 6.45) is 1.61. The van der Waals surface area contributed by atoms with Crippen molar-refractivity contribution in [1.82, 2.24) is 19.5 Å². The maximum absolute atomic E-state index is 11.4. The van der Waals surface area contributed by atoms with Crippen molar-refractivity contribution in [3.8, 4) is 11.3 Å². The fraction of sp³-hybridized carbons (Fsp3) is 0.154. The van der Waals surface area contributed by atoms with E-state index in [0.717, 1.165) is 16.6 Å². The van der Waals surface area contributed by atoms with Crippen LogP contribution in [-0.2, 0) is 7.05 Å². The number of carbonyl (C=O) groups is 1. The smallest absolute Gasteiger partial charge is 0.354 e. The molecule has 96 valence electrons. The first-order valence-electron chi connectivity index (χ1n) is 5.78. The second kappa shape index (κ2) is 3.94. The summed E-state index contributed by atoms with van der Waals surface area (Å²) >= 11 is 0. The van der Waals surface area contributed by atoms with E-state index in [1.54, 1.807) is 24.9 Å². The van der Waals surface area contributed by atoms with Crippen LogP contribution in [-0.4, -0.2) is 30.6 Å². The van der Waals surface area contributed by atoms with E-state index in [9.17, 15) is 9.90 Å². The molecule has 19 heavy (non-hydrogen) atoms. The minimum absolute atomic E-state index is 0.191. The summed E-state index contributed by atoms with van der Waals surface area (Å²) in [6, 6.07) is 5.53. The van der Waals surface area contributed by atoms with Crippen LogP contribution in [0.3, 0.4) is 0 Å². The van der Waals surface area contributed by atoms with Crippen molar-refractivity contribution in [1.29, 1.82) is 0 Å². The molecule has 3 rings (SSSR count). The van der Waals surface area contributed by atoms with Crippen LogP contribution in [0.25, 0.3) is 22.3 Å². The Bertz CT molecular complexity index is 785. The maximum atomic E-state index is 11.4. The number of aromatic carboxylic acids is 1. The van der Waals surface area contributed by atoms with Crippen LogP contribution in [0.2, 0.25) is 0 Å². The predicted octanol–water partition coefficient (Wildman–Crippen LogP) is 1.97. The Morgan fingerprint density at radius 1 is 1.42 bits per heavy atom. The molecule has 6 heteroatoms. The summed E-state index contributed by atoms with van der Waals surface area (Å²) in [7, 11) is 1.70. The lowest BCUT2D eigenvalue weighted by Gasteiger charge is -2.01. The number of hydrogen-bond acceptors (Lipinski definition) is 3. The van der Waals surface area contributed by atoms with Gasteiger partial charge in [0, 0.05) is 12.6 Å². The fourth-order valence-corrected chi connectivity index (χ4v) is 2.14. The van der Waals surface area contributed by atoms with Crippen molar-refractivity contribution >= 4 is 17.0 Å². The molecule has 0 aliphatic heterocycles. The Morgan fingerprint density at radius 3 is 2.95 bits per heavy atom. The third kappa shape index (κ3) is 1.69. The number of fused-ring (bicyclic) bond motifs is 1. The number of aromatic amines is 1. The molecule has 2 N–H and O–H groups in total. The maximum Gasteiger partial charge on any atom is 0.354 e. The van der Waals surface area contributed by atoms with Gasteiger partial charge in [0.2, 0.25) is 0 Å². The monoisotopic (exact) mass is 256 g/mol. The van der Waals surface area contributed by atoms with Crippen molar-refractivity contribution in [2.45, 2.75) is 6.92 Å². The number of benzene rings is 1. The van der Waals surface area contributed by atoms with Gasteiger partial charge in [-0.2, -0.15) is 0 Å². The number of hydrogen-bond donors (Lipinski definition) is 2. The Labute approximate surface area is 108 Å². The number of H-pyrrole nitrogens is 1. The lowest BCUT2D eigenvalue weighted by molar-refractivity contribution is 0.0687. The van der Waals surface area contributed by atoms with Crippen molar-refractivity contribution in [2.24, 2.45) is 7.05 Å². The fourth-order valence-electron chi connectivity index (χ4n) is 2.14. The van der Waals surface area contributed by atoms with Gasteiger partial charge in [0.25, 0.3) is 0 Å². The zero-order chi connectivity index (χ0) is 13.6. The van der Waals surface area contributed by atoms with Gasteiger partial charge in [-0.05, 0) is 19.1 Å². The third-order valence-electron chi connectivity index (χ3n) is 3.21. The molecule has 0 amide bonds. The molecule has 0 bridgehead atoms. The first kappa shape index (κ1) is 11.5. The highest BCUT2D eigenvalue weighted by Gasteiger charge is 2.20. The standard InChI is InChI=1S/C13H12N4O2/c1-7-16-11(12(13(18)19)17(7)2)8-3-4-9-10(5-8)15-6-14-9/h3-6H,1-2H3,(H,14,15)(H,18,19). The van der Waals surface area contributed by atoms with Gasteiger partial charge >= 0.3 is 5.97 Å². The first-order valence-corrected chi connectivity index (χ1v) is 5.78. The van der Waals surface area contributed by atoms with Gasteiger partial charge in [0.05, 0.1) is 17.4 Å². The van der Waals surface area contributed by atoms with E-state index < -0.39 is 5.97 Å². The average Bonchev–Trinajstić information content (AvgIpc) is 2.94. The summed E-state index contributed by atoms with van der Waals surface area (Å²) in [4.78, 5) is 22.8. The summed E-state index contributed by atoms with van der Waals surface area (Å²) in [5, 5.41) is 9.31. The van der Waals surface area contributed by atoms with E-state index in [0.29, 0.717) is 11.5 Å². The van der Waals surface area contributed by atoms with Gasteiger partial charge in [-0.15, -0.1) is 0 Å². The normalized spacial score (nSPS) is 11.1. The van der Waals surface area contributed by atoms with Crippen LogP contribution >= 0.6 is 0 Å². The molecule has 0 aliphatic carbocycles. The number of carboxylic acids is 1. The largest absolute Gasteiger partial charge is 0.477 e. The molecule has 0 atom stereocenters. The molecule has 0 unspecified atom stereocenters. The molecule has 2 aromatic heterocycles. The third-order valence-corrected chi connectivity index (χ3v) is 3.21. The first-order chi connectivity index (χ1) is 9.08. The number of aromatic nitrogens is 4. The molecular formula is C13H12N4O2. The van der Waals surface area contributed by atoms with Crippen LogP contribution in [0.15, 0.2) is 24.5 Å². The SMILES string of the molecule is Cc1nc(-c2ccc3nc[nH]c3c2)c(C(=O)O)n1C. The van der Waals surface area contributed by atoms with Crippen LogP contribution in [0, 0.1) is 6.92 Å². The molecule has 0 spiro atoms. The van der Waals surface area contributed by atoms with Crippen LogP contribution in [0.5, 0.6) is 0 Å². The van der Waals surface area contributed by atoms with Crippen LogP contribution in [0.4, 0.5) is 0 Å². The molecule has 0 fully saturated rings. The van der Waals surface area contributed by atoms with Gasteiger partial charge in [-0.25, -0.2) is 14.8 Å². The van der Waals surface area contributed by atoms with Gasteiger partial charge in [-0.1, -0.05) is 6.07 Å². The summed E-state index contributed by atoms with van der Waals surface area (Å²) in [5.41, 5.74) is 3.13. The number of nitrogens with zero attached hydrogens (tertiary/aromatic N) is 3. The van der Waals surface area contributed by atoms with Crippen molar-refractivity contribution in [3.63, 3.8) is 0 Å². The van der Waals surface area contributed by atoms with Gasteiger partial charge in [-0.3, -0.25) is 0 Å². The van der Waals surface area contributed by atoms with E-state index in [2.05, 4.69) is 15.0 Å². The Morgan fingerprint density at radius 2 is 2.21 bits per heavy atom. The molecule has 2 heterocycles. The number of rotatable bonds is 2. The second-order valence-electron chi connectivity index (χ2n) is 4.35. The Balaban J connectivity index is 2.25. The summed E-state index contributed by atoms with van der Waals surface area (Å²) in [5.74, 6) is -0.320. The molecule has 0 radical (unpaired) electrons. The Kier molecular flexibility index (Phi) is 2.38. The minimum atomic E-state index is -0.984. The molecule has 0 saturated carbocycles. The highest BCUT2D eigenvalue weighted by molar-refractivity contribution is 5.94. The summed E-state index contributed by atoms with van der Waals surface area (Å²) < 4.78 is 1.58. The van der Waals surface area contributed by atoms with E-state index >= 15 is 0 Å². The number of imidazole rings is 2. The van der Waals surface area contributed by atoms with Gasteiger partial charge < -0.3 is 14.7 Å². The zero-order valence-electron chi connectivity index (χ0n) is 10.5. The molecule has 6 nitrogen and oxygen atoms in total. The van der Waals surface area contributed by atoms with Gasteiger partial charge in [0.1, 0.15) is 11.5 Å². The molecule has 3 aromatic rings. The second-order valence-corrected chi connectivity index (χ2v) is 4.35. The van der Waals surface area contributed by atoms with Crippen molar-refractivity contribution in [3.05, 3.63) is 36.0 Å². The minimum Gasteiger partial charge on any atom is -0.477 e. The lowest BCUT2D eigenvalue weighted by atomic mass is 10.1. The van der Waals surface area contributed by atoms with Gasteiger partial charge in [0.15, 0.2) is 5.69 Å². The lowest BCUT2D eigenvalue weighted by Crippen LogP contribution is -2.06. The molecular weight excluding hydrogens is 244 g/mol. The van der Waals surface area contributed by atoms with E-state index in [1.165, 1.54) is 0 Å². The molecule has 1 aromatic carbocycles. The van der Waals surface area contributed by atoms with Crippen molar-refractivity contribution in [2.75, 3.05) is 0 Å². The van der Waals surface area contributed by atoms with Crippen LogP contribution in [0.1, 0.15) is 16.3 Å². The van der Waals surface area contributed by atoms with Crippen LogP contribution < -0.4 is 0 Å². The number of carboxylic acid groups (broad SMARTS) is 1. The topological polar surface area (TPSA) is 83.8 Å². The number of aryl methyl sites for hydroxylation is 1.